The van der Waals surface area contributed by atoms with E-state index >= 15 is 0 Å². The van der Waals surface area contributed by atoms with E-state index < -0.39 is 0 Å². The second kappa shape index (κ2) is 3.24. The lowest BCUT2D eigenvalue weighted by Gasteiger charge is -2.19. The second-order valence-electron chi connectivity index (χ2n) is 3.95. The van der Waals surface area contributed by atoms with Crippen LogP contribution < -0.4 is 0 Å². The second-order valence-corrected chi connectivity index (χ2v) is 5.19. The minimum absolute atomic E-state index is 0.110. The normalized spacial score (nSPS) is 11.7. The molecule has 12 heavy (non-hydrogen) atoms. The lowest BCUT2D eigenvalue weighted by molar-refractivity contribution is 0.470. The van der Waals surface area contributed by atoms with Gasteiger partial charge in [-0.05, 0) is 51.8 Å². The zero-order valence-corrected chi connectivity index (χ0v) is 9.71. The summed E-state index contributed by atoms with van der Waals surface area (Å²) in [5.41, 5.74) is 1.28. The maximum absolute atomic E-state index is 9.35. The van der Waals surface area contributed by atoms with Gasteiger partial charge in [-0.15, -0.1) is 0 Å². The van der Waals surface area contributed by atoms with E-state index in [1.165, 1.54) is 5.56 Å². The van der Waals surface area contributed by atoms with Crippen molar-refractivity contribution in [2.24, 2.45) is 0 Å². The summed E-state index contributed by atoms with van der Waals surface area (Å²) in [5.74, 6) is 0.354. The fourth-order valence-electron chi connectivity index (χ4n) is 1.01. The monoisotopic (exact) mass is 276 g/mol. The van der Waals surface area contributed by atoms with Crippen molar-refractivity contribution in [3.63, 3.8) is 0 Å². The van der Waals surface area contributed by atoms with Gasteiger partial charge in [-0.1, -0.05) is 20.8 Å². The number of phenols is 1. The third-order valence-corrected chi connectivity index (χ3v) is 2.37. The highest BCUT2D eigenvalue weighted by Crippen LogP contribution is 2.27. The molecule has 0 aliphatic rings. The highest BCUT2D eigenvalue weighted by Gasteiger charge is 2.14. The SMILES string of the molecule is CC(C)(C)c1cc(O)cc(I)c1. The van der Waals surface area contributed by atoms with E-state index in [-0.39, 0.29) is 5.41 Å². The van der Waals surface area contributed by atoms with Gasteiger partial charge in [0, 0.05) is 3.57 Å². The maximum atomic E-state index is 9.35. The molecule has 0 atom stereocenters. The van der Waals surface area contributed by atoms with Crippen LogP contribution in [0.25, 0.3) is 0 Å². The molecule has 0 saturated carbocycles. The number of phenolic OH excluding ortho intramolecular Hbond substituents is 1. The van der Waals surface area contributed by atoms with Gasteiger partial charge in [0.15, 0.2) is 0 Å². The van der Waals surface area contributed by atoms with Crippen molar-refractivity contribution in [1.82, 2.24) is 0 Å². The molecular formula is C10H13IO. The first-order valence-electron chi connectivity index (χ1n) is 3.89. The van der Waals surface area contributed by atoms with E-state index in [0.717, 1.165) is 3.57 Å². The van der Waals surface area contributed by atoms with Crippen molar-refractivity contribution in [2.75, 3.05) is 0 Å². The van der Waals surface area contributed by atoms with Crippen molar-refractivity contribution >= 4 is 22.6 Å². The zero-order chi connectivity index (χ0) is 9.35. The van der Waals surface area contributed by atoms with E-state index in [1.807, 2.05) is 6.07 Å². The van der Waals surface area contributed by atoms with Gasteiger partial charge >= 0.3 is 0 Å². The summed E-state index contributed by atoms with van der Waals surface area (Å²) in [6, 6.07) is 5.68. The summed E-state index contributed by atoms with van der Waals surface area (Å²) in [7, 11) is 0. The van der Waals surface area contributed by atoms with Crippen LogP contribution >= 0.6 is 22.6 Å². The van der Waals surface area contributed by atoms with Crippen molar-refractivity contribution < 1.29 is 5.11 Å². The van der Waals surface area contributed by atoms with Crippen LogP contribution in [0.3, 0.4) is 0 Å². The predicted molar refractivity (Wildman–Crippen MR) is 59.5 cm³/mol. The Kier molecular flexibility index (Phi) is 2.66. The number of rotatable bonds is 0. The lowest BCUT2D eigenvalue weighted by atomic mass is 9.87. The third-order valence-electron chi connectivity index (χ3n) is 1.75. The molecule has 0 aromatic heterocycles. The Balaban J connectivity index is 3.18. The van der Waals surface area contributed by atoms with Gasteiger partial charge in [0.25, 0.3) is 0 Å². The molecule has 0 fully saturated rings. The molecule has 0 unspecified atom stereocenters. The summed E-state index contributed by atoms with van der Waals surface area (Å²) in [5, 5.41) is 9.35. The molecule has 66 valence electrons. The van der Waals surface area contributed by atoms with Crippen molar-refractivity contribution in [3.8, 4) is 5.75 Å². The van der Waals surface area contributed by atoms with Crippen molar-refractivity contribution in [3.05, 3.63) is 27.3 Å². The standard InChI is InChI=1S/C10H13IO/c1-10(2,3)7-4-8(11)6-9(12)5-7/h4-6,12H,1-3H3. The summed E-state index contributed by atoms with van der Waals surface area (Å²) in [6.45, 7) is 6.41. The highest BCUT2D eigenvalue weighted by molar-refractivity contribution is 14.1. The molecular weight excluding hydrogens is 263 g/mol. The largest absolute Gasteiger partial charge is 0.508 e. The molecule has 2 heteroatoms. The van der Waals surface area contributed by atoms with Gasteiger partial charge < -0.3 is 5.11 Å². The molecule has 1 N–H and O–H groups in total. The summed E-state index contributed by atoms with van der Waals surface area (Å²) in [6.07, 6.45) is 0. The molecule has 1 aromatic carbocycles. The van der Waals surface area contributed by atoms with Crippen LogP contribution in [0.4, 0.5) is 0 Å². The molecule has 0 saturated heterocycles. The number of benzene rings is 1. The number of halogens is 1. The van der Waals surface area contributed by atoms with Gasteiger partial charge in [0.1, 0.15) is 5.75 Å². The zero-order valence-electron chi connectivity index (χ0n) is 7.56. The van der Waals surface area contributed by atoms with E-state index in [9.17, 15) is 5.11 Å². The van der Waals surface area contributed by atoms with Crippen molar-refractivity contribution in [2.45, 2.75) is 26.2 Å². The van der Waals surface area contributed by atoms with Gasteiger partial charge in [-0.2, -0.15) is 0 Å². The predicted octanol–water partition coefficient (Wildman–Crippen LogP) is 3.29. The molecule has 0 bridgehead atoms. The molecule has 0 amide bonds. The summed E-state index contributed by atoms with van der Waals surface area (Å²) >= 11 is 2.21. The molecule has 0 aliphatic carbocycles. The van der Waals surface area contributed by atoms with Crippen LogP contribution in [0.1, 0.15) is 26.3 Å². The van der Waals surface area contributed by atoms with E-state index in [2.05, 4.69) is 49.4 Å². The molecule has 1 rings (SSSR count). The van der Waals surface area contributed by atoms with Crippen LogP contribution in [0.5, 0.6) is 5.75 Å². The Morgan fingerprint density at radius 3 is 2.17 bits per heavy atom. The summed E-state index contributed by atoms with van der Waals surface area (Å²) < 4.78 is 1.08. The third kappa shape index (κ3) is 2.37. The first-order valence-corrected chi connectivity index (χ1v) is 4.97. The van der Waals surface area contributed by atoms with Gasteiger partial charge in [-0.3, -0.25) is 0 Å². The Bertz CT molecular complexity index is 266. The van der Waals surface area contributed by atoms with Crippen LogP contribution in [0, 0.1) is 3.57 Å². The maximum Gasteiger partial charge on any atom is 0.116 e. The number of hydrogen-bond acceptors (Lipinski definition) is 1. The van der Waals surface area contributed by atoms with Crippen LogP contribution in [0.2, 0.25) is 0 Å². The van der Waals surface area contributed by atoms with Gasteiger partial charge in [0.2, 0.25) is 0 Å². The highest BCUT2D eigenvalue weighted by atomic mass is 127. The number of aromatic hydroxyl groups is 1. The van der Waals surface area contributed by atoms with Crippen LogP contribution in [0.15, 0.2) is 18.2 Å². The Morgan fingerprint density at radius 2 is 1.75 bits per heavy atom. The van der Waals surface area contributed by atoms with E-state index in [1.54, 1.807) is 6.07 Å². The van der Waals surface area contributed by atoms with Crippen molar-refractivity contribution in [1.29, 1.82) is 0 Å². The molecule has 0 spiro atoms. The van der Waals surface area contributed by atoms with Crippen LogP contribution in [-0.4, -0.2) is 5.11 Å². The number of hydrogen-bond donors (Lipinski definition) is 1. The Labute approximate surface area is 86.9 Å². The average Bonchev–Trinajstić information content (AvgIpc) is 1.82. The minimum Gasteiger partial charge on any atom is -0.508 e. The first kappa shape index (κ1) is 9.84. The quantitative estimate of drug-likeness (QED) is 0.721. The van der Waals surface area contributed by atoms with E-state index in [0.29, 0.717) is 5.75 Å². The first-order chi connectivity index (χ1) is 5.39. The fourth-order valence-corrected chi connectivity index (χ4v) is 1.66. The Morgan fingerprint density at radius 1 is 1.17 bits per heavy atom. The minimum atomic E-state index is 0.110. The van der Waals surface area contributed by atoms with Gasteiger partial charge in [0.05, 0.1) is 0 Å². The average molecular weight is 276 g/mol. The Hall–Kier alpha value is -0.250. The molecule has 0 heterocycles. The molecule has 0 radical (unpaired) electrons. The smallest absolute Gasteiger partial charge is 0.116 e. The van der Waals surface area contributed by atoms with Gasteiger partial charge in [-0.25, -0.2) is 0 Å². The van der Waals surface area contributed by atoms with E-state index in [4.69, 9.17) is 0 Å². The molecule has 1 nitrogen and oxygen atoms in total. The topological polar surface area (TPSA) is 20.2 Å². The lowest BCUT2D eigenvalue weighted by Crippen LogP contribution is -2.10. The molecule has 1 aromatic rings. The fraction of sp³-hybridized carbons (Fsp3) is 0.400. The van der Waals surface area contributed by atoms with Crippen LogP contribution in [-0.2, 0) is 5.41 Å². The summed E-state index contributed by atoms with van der Waals surface area (Å²) in [4.78, 5) is 0. The molecule has 0 aliphatic heterocycles.